The minimum atomic E-state index is -0.289. The molecule has 2 aromatic carbocycles. The van der Waals surface area contributed by atoms with E-state index in [2.05, 4.69) is 19.2 Å². The molecule has 3 rings (SSSR count). The summed E-state index contributed by atoms with van der Waals surface area (Å²) in [5, 5.41) is 3.89. The van der Waals surface area contributed by atoms with E-state index in [-0.39, 0.29) is 17.6 Å². The highest BCUT2D eigenvalue weighted by Gasteiger charge is 2.34. The Bertz CT molecular complexity index is 746. The molecule has 0 radical (unpaired) electrons. The van der Waals surface area contributed by atoms with Crippen LogP contribution in [0, 0.1) is 0 Å². The van der Waals surface area contributed by atoms with E-state index in [1.165, 1.54) is 5.56 Å². The Labute approximate surface area is 158 Å². The first-order chi connectivity index (χ1) is 11.9. The topological polar surface area (TPSA) is 38.3 Å². The molecule has 0 aromatic heterocycles. The molecule has 0 spiro atoms. The molecule has 0 unspecified atom stereocenters. The molecule has 1 atom stereocenters. The molecule has 1 amide bonds. The van der Waals surface area contributed by atoms with E-state index in [4.69, 9.17) is 16.3 Å². The van der Waals surface area contributed by atoms with Gasteiger partial charge in [0.05, 0.1) is 11.8 Å². The van der Waals surface area contributed by atoms with E-state index in [9.17, 15) is 4.79 Å². The molecule has 1 aliphatic rings. The first-order valence-electron chi connectivity index (χ1n) is 8.32. The molecule has 132 valence electrons. The summed E-state index contributed by atoms with van der Waals surface area (Å²) >= 11 is 7.49. The third-order valence-electron chi connectivity index (χ3n) is 4.13. The maximum Gasteiger partial charge on any atom is 0.230 e. The fraction of sp³-hybridized carbons (Fsp3) is 0.350. The van der Waals surface area contributed by atoms with Crippen molar-refractivity contribution in [2.45, 2.75) is 37.7 Å². The molecule has 0 saturated carbocycles. The van der Waals surface area contributed by atoms with Crippen LogP contribution in [0.15, 0.2) is 48.5 Å². The number of halogens is 1. The predicted octanol–water partition coefficient (Wildman–Crippen LogP) is 4.99. The van der Waals surface area contributed by atoms with E-state index in [0.717, 1.165) is 28.5 Å². The Morgan fingerprint density at radius 2 is 1.96 bits per heavy atom. The average molecular weight is 376 g/mol. The van der Waals surface area contributed by atoms with Gasteiger partial charge in [0.25, 0.3) is 0 Å². The molecular weight excluding hydrogens is 354 g/mol. The number of hydrogen-bond donors (Lipinski definition) is 1. The second-order valence-electron chi connectivity index (χ2n) is 6.84. The number of hydrogen-bond acceptors (Lipinski definition) is 3. The number of thioether (sulfide) groups is 1. The third-order valence-corrected chi connectivity index (χ3v) is 5.38. The molecule has 0 saturated heterocycles. The number of fused-ring (bicyclic) bond motifs is 1. The lowest BCUT2D eigenvalue weighted by Crippen LogP contribution is -2.41. The SMILES string of the molecule is CC1(C)C[C@H](NC(=O)CSCc2ccc(Cl)cc2)c2ccccc2O1. The van der Waals surface area contributed by atoms with E-state index in [1.807, 2.05) is 48.5 Å². The van der Waals surface area contributed by atoms with Gasteiger partial charge >= 0.3 is 0 Å². The zero-order valence-corrected chi connectivity index (χ0v) is 16.0. The number of ether oxygens (including phenoxy) is 1. The third kappa shape index (κ3) is 4.93. The van der Waals surface area contributed by atoms with Crippen LogP contribution in [0.25, 0.3) is 0 Å². The van der Waals surface area contributed by atoms with Crippen molar-refractivity contribution in [2.24, 2.45) is 0 Å². The van der Waals surface area contributed by atoms with Crippen LogP contribution >= 0.6 is 23.4 Å². The zero-order chi connectivity index (χ0) is 17.9. The summed E-state index contributed by atoms with van der Waals surface area (Å²) in [6.45, 7) is 4.11. The van der Waals surface area contributed by atoms with Crippen LogP contribution in [0.1, 0.15) is 37.4 Å². The Morgan fingerprint density at radius 1 is 1.24 bits per heavy atom. The maximum absolute atomic E-state index is 12.4. The predicted molar refractivity (Wildman–Crippen MR) is 104 cm³/mol. The summed E-state index contributed by atoms with van der Waals surface area (Å²) in [4.78, 5) is 12.4. The van der Waals surface area contributed by atoms with Crippen LogP contribution in [0.2, 0.25) is 5.02 Å². The van der Waals surface area contributed by atoms with Gasteiger partial charge in [-0.3, -0.25) is 4.79 Å². The van der Waals surface area contributed by atoms with Crippen molar-refractivity contribution in [3.63, 3.8) is 0 Å². The molecule has 1 heterocycles. The van der Waals surface area contributed by atoms with E-state index < -0.39 is 0 Å². The Balaban J connectivity index is 1.56. The number of rotatable bonds is 5. The smallest absolute Gasteiger partial charge is 0.230 e. The van der Waals surface area contributed by atoms with Crippen molar-refractivity contribution >= 4 is 29.3 Å². The molecule has 0 aliphatic carbocycles. The van der Waals surface area contributed by atoms with Gasteiger partial charge in [-0.15, -0.1) is 11.8 Å². The van der Waals surface area contributed by atoms with Crippen LogP contribution in [-0.2, 0) is 10.5 Å². The summed E-state index contributed by atoms with van der Waals surface area (Å²) < 4.78 is 6.01. The van der Waals surface area contributed by atoms with Crippen LogP contribution in [0.4, 0.5) is 0 Å². The van der Waals surface area contributed by atoms with Gasteiger partial charge in [0.15, 0.2) is 0 Å². The fourth-order valence-corrected chi connectivity index (χ4v) is 3.93. The van der Waals surface area contributed by atoms with Crippen LogP contribution in [-0.4, -0.2) is 17.3 Å². The van der Waals surface area contributed by atoms with Gasteiger partial charge in [-0.25, -0.2) is 0 Å². The minimum absolute atomic E-state index is 0.0106. The highest BCUT2D eigenvalue weighted by atomic mass is 35.5. The van der Waals surface area contributed by atoms with Gasteiger partial charge in [0.1, 0.15) is 11.4 Å². The van der Waals surface area contributed by atoms with Crippen LogP contribution in [0.5, 0.6) is 5.75 Å². The fourth-order valence-electron chi connectivity index (χ4n) is 3.01. The highest BCUT2D eigenvalue weighted by Crippen LogP contribution is 2.39. The number of nitrogens with one attached hydrogen (secondary N) is 1. The van der Waals surface area contributed by atoms with Gasteiger partial charge in [0.2, 0.25) is 5.91 Å². The number of carbonyl (C=O) groups excluding carboxylic acids is 1. The van der Waals surface area contributed by atoms with Crippen LogP contribution < -0.4 is 10.1 Å². The van der Waals surface area contributed by atoms with Crippen molar-refractivity contribution in [2.75, 3.05) is 5.75 Å². The maximum atomic E-state index is 12.4. The quantitative estimate of drug-likeness (QED) is 0.799. The number of amides is 1. The summed E-state index contributed by atoms with van der Waals surface area (Å²) in [6.07, 6.45) is 0.762. The van der Waals surface area contributed by atoms with Crippen molar-refractivity contribution in [3.8, 4) is 5.75 Å². The first kappa shape index (κ1) is 18.2. The average Bonchev–Trinajstić information content (AvgIpc) is 2.55. The molecule has 0 bridgehead atoms. The Hall–Kier alpha value is -1.65. The second kappa shape index (κ2) is 7.71. The summed E-state index contributed by atoms with van der Waals surface area (Å²) in [6, 6.07) is 15.6. The molecule has 25 heavy (non-hydrogen) atoms. The second-order valence-corrected chi connectivity index (χ2v) is 8.27. The number of benzene rings is 2. The van der Waals surface area contributed by atoms with E-state index in [1.54, 1.807) is 11.8 Å². The highest BCUT2D eigenvalue weighted by molar-refractivity contribution is 7.99. The summed E-state index contributed by atoms with van der Waals surface area (Å²) in [5.41, 5.74) is 1.93. The molecule has 5 heteroatoms. The van der Waals surface area contributed by atoms with Crippen LogP contribution in [0.3, 0.4) is 0 Å². The van der Waals surface area contributed by atoms with Crippen molar-refractivity contribution < 1.29 is 9.53 Å². The van der Waals surface area contributed by atoms with E-state index in [0.29, 0.717) is 5.75 Å². The van der Waals surface area contributed by atoms with Gasteiger partial charge < -0.3 is 10.1 Å². The molecule has 2 aromatic rings. The van der Waals surface area contributed by atoms with Gasteiger partial charge in [-0.1, -0.05) is 41.9 Å². The summed E-state index contributed by atoms with van der Waals surface area (Å²) in [5.74, 6) is 2.14. The Kier molecular flexibility index (Phi) is 5.60. The monoisotopic (exact) mass is 375 g/mol. The zero-order valence-electron chi connectivity index (χ0n) is 14.4. The van der Waals surface area contributed by atoms with Crippen molar-refractivity contribution in [1.82, 2.24) is 5.32 Å². The molecule has 3 nitrogen and oxygen atoms in total. The normalized spacial score (nSPS) is 18.1. The standard InChI is InChI=1S/C20H22ClNO2S/c1-20(2)11-17(16-5-3-4-6-18(16)24-20)22-19(23)13-25-12-14-7-9-15(21)10-8-14/h3-10,17H,11-13H2,1-2H3,(H,22,23)/t17-/m0/s1. The Morgan fingerprint density at radius 3 is 2.72 bits per heavy atom. The minimum Gasteiger partial charge on any atom is -0.487 e. The molecule has 0 fully saturated rings. The lowest BCUT2D eigenvalue weighted by Gasteiger charge is -2.37. The number of carbonyl (C=O) groups is 1. The van der Waals surface area contributed by atoms with Gasteiger partial charge in [-0.05, 0) is 37.6 Å². The molecule has 1 N–H and O–H groups in total. The van der Waals surface area contributed by atoms with E-state index >= 15 is 0 Å². The van der Waals surface area contributed by atoms with Gasteiger partial charge in [0, 0.05) is 22.8 Å². The molecular formula is C20H22ClNO2S. The molecule has 1 aliphatic heterocycles. The largest absolute Gasteiger partial charge is 0.487 e. The van der Waals surface area contributed by atoms with Crippen molar-refractivity contribution in [3.05, 3.63) is 64.7 Å². The lowest BCUT2D eigenvalue weighted by atomic mass is 9.90. The van der Waals surface area contributed by atoms with Gasteiger partial charge in [-0.2, -0.15) is 0 Å². The summed E-state index contributed by atoms with van der Waals surface area (Å²) in [7, 11) is 0. The van der Waals surface area contributed by atoms with Crippen molar-refractivity contribution in [1.29, 1.82) is 0 Å². The first-order valence-corrected chi connectivity index (χ1v) is 9.86. The lowest BCUT2D eigenvalue weighted by molar-refractivity contribution is -0.119. The number of para-hydroxylation sites is 1.